The number of halogens is 1. The molecule has 5 nitrogen and oxygen atoms in total. The molecule has 2 aromatic rings. The van der Waals surface area contributed by atoms with Crippen molar-refractivity contribution in [2.75, 3.05) is 26.5 Å². The SMILES string of the molecule is COc1ccc(Br)cc1C(=O)Nc1ccccc1C(=O)N(C)C. The Morgan fingerprint density at radius 3 is 2.43 bits per heavy atom. The standard InChI is InChI=1S/C17H17BrN2O3/c1-20(2)17(22)12-6-4-5-7-14(12)19-16(21)13-10-11(18)8-9-15(13)23-3/h4-10H,1-3H3,(H,19,21). The third-order valence-corrected chi connectivity index (χ3v) is 3.71. The topological polar surface area (TPSA) is 58.6 Å². The van der Waals surface area contributed by atoms with Gasteiger partial charge in [0.25, 0.3) is 11.8 Å². The lowest BCUT2D eigenvalue weighted by molar-refractivity contribution is 0.0828. The summed E-state index contributed by atoms with van der Waals surface area (Å²) in [5.41, 5.74) is 1.27. The molecule has 6 heteroatoms. The van der Waals surface area contributed by atoms with Crippen LogP contribution in [0.1, 0.15) is 20.7 Å². The maximum absolute atomic E-state index is 12.6. The van der Waals surface area contributed by atoms with Crippen molar-refractivity contribution in [1.29, 1.82) is 0 Å². The summed E-state index contributed by atoms with van der Waals surface area (Å²) >= 11 is 3.34. The molecule has 0 heterocycles. The van der Waals surface area contributed by atoms with Crippen molar-refractivity contribution in [1.82, 2.24) is 4.90 Å². The van der Waals surface area contributed by atoms with Crippen molar-refractivity contribution in [3.63, 3.8) is 0 Å². The lowest BCUT2D eigenvalue weighted by atomic mass is 10.1. The number of para-hydroxylation sites is 1. The molecule has 0 aromatic heterocycles. The smallest absolute Gasteiger partial charge is 0.259 e. The summed E-state index contributed by atoms with van der Waals surface area (Å²) < 4.78 is 5.98. The fourth-order valence-electron chi connectivity index (χ4n) is 2.07. The third kappa shape index (κ3) is 3.90. The maximum Gasteiger partial charge on any atom is 0.259 e. The maximum atomic E-state index is 12.6. The molecule has 0 spiro atoms. The van der Waals surface area contributed by atoms with Gasteiger partial charge in [-0.3, -0.25) is 9.59 Å². The van der Waals surface area contributed by atoms with Crippen molar-refractivity contribution in [3.8, 4) is 5.75 Å². The molecule has 23 heavy (non-hydrogen) atoms. The van der Waals surface area contributed by atoms with E-state index in [1.165, 1.54) is 12.0 Å². The molecule has 0 fully saturated rings. The van der Waals surface area contributed by atoms with Crippen LogP contribution < -0.4 is 10.1 Å². The zero-order valence-corrected chi connectivity index (χ0v) is 14.7. The van der Waals surface area contributed by atoms with E-state index in [1.54, 1.807) is 56.6 Å². The largest absolute Gasteiger partial charge is 0.496 e. The van der Waals surface area contributed by atoms with Crippen molar-refractivity contribution in [2.45, 2.75) is 0 Å². The van der Waals surface area contributed by atoms with E-state index in [9.17, 15) is 9.59 Å². The van der Waals surface area contributed by atoms with E-state index in [-0.39, 0.29) is 11.8 Å². The van der Waals surface area contributed by atoms with E-state index in [2.05, 4.69) is 21.2 Å². The van der Waals surface area contributed by atoms with Crippen molar-refractivity contribution < 1.29 is 14.3 Å². The molecule has 0 aliphatic carbocycles. The van der Waals surface area contributed by atoms with Crippen LogP contribution in [0.5, 0.6) is 5.75 Å². The number of nitrogens with zero attached hydrogens (tertiary/aromatic N) is 1. The predicted molar refractivity (Wildman–Crippen MR) is 93.1 cm³/mol. The molecular weight excluding hydrogens is 360 g/mol. The van der Waals surface area contributed by atoms with Gasteiger partial charge in [-0.25, -0.2) is 0 Å². The van der Waals surface area contributed by atoms with Crippen LogP contribution in [0.25, 0.3) is 0 Å². The second-order valence-electron chi connectivity index (χ2n) is 5.04. The number of hydrogen-bond acceptors (Lipinski definition) is 3. The molecule has 0 unspecified atom stereocenters. The molecule has 0 saturated heterocycles. The Balaban J connectivity index is 2.35. The molecule has 1 N–H and O–H groups in total. The quantitative estimate of drug-likeness (QED) is 0.889. The van der Waals surface area contributed by atoms with Crippen LogP contribution in [0.15, 0.2) is 46.9 Å². The molecule has 0 bridgehead atoms. The fourth-order valence-corrected chi connectivity index (χ4v) is 2.43. The second-order valence-corrected chi connectivity index (χ2v) is 5.96. The highest BCUT2D eigenvalue weighted by Gasteiger charge is 2.17. The Hall–Kier alpha value is -2.34. The molecule has 120 valence electrons. The highest BCUT2D eigenvalue weighted by atomic mass is 79.9. The second kappa shape index (κ2) is 7.28. The first kappa shape index (κ1) is 17.0. The van der Waals surface area contributed by atoms with Gasteiger partial charge in [0.1, 0.15) is 5.75 Å². The normalized spacial score (nSPS) is 10.1. The van der Waals surface area contributed by atoms with E-state index in [1.807, 2.05) is 0 Å². The van der Waals surface area contributed by atoms with Gasteiger partial charge in [-0.1, -0.05) is 28.1 Å². The first-order valence-electron chi connectivity index (χ1n) is 6.89. The number of carbonyl (C=O) groups excluding carboxylic acids is 2. The zero-order chi connectivity index (χ0) is 17.0. The highest BCUT2D eigenvalue weighted by Crippen LogP contribution is 2.25. The summed E-state index contributed by atoms with van der Waals surface area (Å²) in [7, 11) is 4.83. The summed E-state index contributed by atoms with van der Waals surface area (Å²) in [4.78, 5) is 26.2. The molecule has 0 aliphatic heterocycles. The number of hydrogen-bond donors (Lipinski definition) is 1. The molecule has 0 aliphatic rings. The third-order valence-electron chi connectivity index (χ3n) is 3.22. The van der Waals surface area contributed by atoms with Crippen LogP contribution in [0.2, 0.25) is 0 Å². The van der Waals surface area contributed by atoms with Gasteiger partial charge in [0.2, 0.25) is 0 Å². The van der Waals surface area contributed by atoms with Gasteiger partial charge in [-0.15, -0.1) is 0 Å². The van der Waals surface area contributed by atoms with Gasteiger partial charge in [0.05, 0.1) is 23.9 Å². The minimum Gasteiger partial charge on any atom is -0.496 e. The Bertz CT molecular complexity index is 744. The summed E-state index contributed by atoms with van der Waals surface area (Å²) in [6.45, 7) is 0. The Kier molecular flexibility index (Phi) is 5.39. The van der Waals surface area contributed by atoms with Gasteiger partial charge in [0, 0.05) is 18.6 Å². The molecule has 2 amide bonds. The molecular formula is C17H17BrN2O3. The molecule has 0 atom stereocenters. The van der Waals surface area contributed by atoms with Gasteiger partial charge in [0.15, 0.2) is 0 Å². The average molecular weight is 377 g/mol. The zero-order valence-electron chi connectivity index (χ0n) is 13.1. The van der Waals surface area contributed by atoms with Gasteiger partial charge < -0.3 is 15.0 Å². The number of rotatable bonds is 4. The fraction of sp³-hybridized carbons (Fsp3) is 0.176. The molecule has 0 radical (unpaired) electrons. The number of methoxy groups -OCH3 is 1. The Morgan fingerprint density at radius 2 is 1.78 bits per heavy atom. The van der Waals surface area contributed by atoms with Crippen LogP contribution in [0.3, 0.4) is 0 Å². The molecule has 2 rings (SSSR count). The summed E-state index contributed by atoms with van der Waals surface area (Å²) in [6.07, 6.45) is 0. The van der Waals surface area contributed by atoms with Gasteiger partial charge in [-0.2, -0.15) is 0 Å². The predicted octanol–water partition coefficient (Wildman–Crippen LogP) is 3.41. The van der Waals surface area contributed by atoms with Gasteiger partial charge in [-0.05, 0) is 30.3 Å². The molecule has 2 aromatic carbocycles. The van der Waals surface area contributed by atoms with Crippen LogP contribution >= 0.6 is 15.9 Å². The van der Waals surface area contributed by atoms with Crippen LogP contribution in [-0.2, 0) is 0 Å². The van der Waals surface area contributed by atoms with Crippen molar-refractivity contribution >= 4 is 33.4 Å². The van der Waals surface area contributed by atoms with E-state index >= 15 is 0 Å². The van der Waals surface area contributed by atoms with E-state index < -0.39 is 0 Å². The summed E-state index contributed by atoms with van der Waals surface area (Å²) in [5.74, 6) is -0.0635. The Labute approximate surface area is 143 Å². The van der Waals surface area contributed by atoms with Crippen LogP contribution in [0, 0.1) is 0 Å². The first-order chi connectivity index (χ1) is 10.9. The number of amides is 2. The molecule has 0 saturated carbocycles. The number of benzene rings is 2. The van der Waals surface area contributed by atoms with Crippen LogP contribution in [0.4, 0.5) is 5.69 Å². The van der Waals surface area contributed by atoms with E-state index in [0.29, 0.717) is 22.6 Å². The number of ether oxygens (including phenoxy) is 1. The lowest BCUT2D eigenvalue weighted by Crippen LogP contribution is -2.24. The van der Waals surface area contributed by atoms with Crippen molar-refractivity contribution in [3.05, 3.63) is 58.1 Å². The van der Waals surface area contributed by atoms with E-state index in [4.69, 9.17) is 4.74 Å². The number of carbonyl (C=O) groups is 2. The summed E-state index contributed by atoms with van der Waals surface area (Å²) in [5, 5.41) is 2.78. The summed E-state index contributed by atoms with van der Waals surface area (Å²) in [6, 6.07) is 12.1. The Morgan fingerprint density at radius 1 is 1.09 bits per heavy atom. The van der Waals surface area contributed by atoms with E-state index in [0.717, 1.165) is 4.47 Å². The minimum atomic E-state index is -0.345. The monoisotopic (exact) mass is 376 g/mol. The number of anilines is 1. The lowest BCUT2D eigenvalue weighted by Gasteiger charge is -2.15. The number of nitrogens with one attached hydrogen (secondary N) is 1. The van der Waals surface area contributed by atoms with Crippen LogP contribution in [-0.4, -0.2) is 37.9 Å². The van der Waals surface area contributed by atoms with Gasteiger partial charge >= 0.3 is 0 Å². The van der Waals surface area contributed by atoms with Crippen molar-refractivity contribution in [2.24, 2.45) is 0 Å². The minimum absolute atomic E-state index is 0.179. The highest BCUT2D eigenvalue weighted by molar-refractivity contribution is 9.10. The first-order valence-corrected chi connectivity index (χ1v) is 7.69. The average Bonchev–Trinajstić information content (AvgIpc) is 2.54.